The summed E-state index contributed by atoms with van der Waals surface area (Å²) in [4.78, 5) is 13.7. The minimum Gasteiger partial charge on any atom is -0.447 e. The van der Waals surface area contributed by atoms with Gasteiger partial charge >= 0.3 is 5.97 Å². The van der Waals surface area contributed by atoms with E-state index in [0.29, 0.717) is 24.5 Å². The van der Waals surface area contributed by atoms with E-state index in [2.05, 4.69) is 4.40 Å². The lowest BCUT2D eigenvalue weighted by Gasteiger charge is -2.29. The van der Waals surface area contributed by atoms with Gasteiger partial charge in [-0.05, 0) is 31.0 Å². The van der Waals surface area contributed by atoms with E-state index in [1.165, 1.54) is 12.1 Å². The van der Waals surface area contributed by atoms with Crippen LogP contribution in [-0.4, -0.2) is 33.4 Å². The number of nitrogens with zero attached hydrogens (tertiary/aromatic N) is 3. The molecular formula is C15H15N3O4S. The van der Waals surface area contributed by atoms with E-state index >= 15 is 0 Å². The lowest BCUT2D eigenvalue weighted by Crippen LogP contribution is -2.35. The first-order chi connectivity index (χ1) is 11.0. The average Bonchev–Trinajstić information content (AvgIpc) is 2.77. The van der Waals surface area contributed by atoms with Gasteiger partial charge in [0.2, 0.25) is 0 Å². The number of hydrogen-bond donors (Lipinski definition) is 0. The van der Waals surface area contributed by atoms with Gasteiger partial charge in [0.15, 0.2) is 6.61 Å². The van der Waals surface area contributed by atoms with Crippen LogP contribution in [0.2, 0.25) is 0 Å². The number of esters is 1. The van der Waals surface area contributed by atoms with E-state index in [4.69, 9.17) is 10.00 Å². The molecule has 0 unspecified atom stereocenters. The number of hydrogen-bond acceptors (Lipinski definition) is 6. The van der Waals surface area contributed by atoms with E-state index in [1.54, 1.807) is 12.1 Å². The van der Waals surface area contributed by atoms with E-state index in [1.807, 2.05) is 4.90 Å². The summed E-state index contributed by atoms with van der Waals surface area (Å²) in [6.07, 6.45) is 3.54. The number of benzene rings is 1. The normalized spacial score (nSPS) is 18.7. The molecule has 8 heteroatoms. The molecule has 0 atom stereocenters. The number of rotatable bonds is 2. The van der Waals surface area contributed by atoms with Crippen LogP contribution in [-0.2, 0) is 14.8 Å². The Bertz CT molecular complexity index is 824. The number of carbonyl (C=O) groups is 1. The fourth-order valence-electron chi connectivity index (χ4n) is 2.79. The first-order valence-corrected chi connectivity index (χ1v) is 8.76. The molecule has 1 aromatic carbocycles. The molecule has 2 aliphatic heterocycles. The fourth-order valence-corrected chi connectivity index (χ4v) is 4.07. The van der Waals surface area contributed by atoms with Crippen LogP contribution < -0.4 is 4.90 Å². The van der Waals surface area contributed by atoms with Crippen LogP contribution in [0.25, 0.3) is 0 Å². The molecule has 120 valence electrons. The second-order valence-electron chi connectivity index (χ2n) is 5.36. The molecule has 1 saturated heterocycles. The summed E-state index contributed by atoms with van der Waals surface area (Å²) in [5.74, 6) is -0.162. The van der Waals surface area contributed by atoms with Gasteiger partial charge in [0.1, 0.15) is 16.8 Å². The third kappa shape index (κ3) is 2.92. The number of anilines is 1. The molecule has 7 nitrogen and oxygen atoms in total. The summed E-state index contributed by atoms with van der Waals surface area (Å²) in [5, 5.41) is 8.45. The number of nitriles is 1. The van der Waals surface area contributed by atoms with Gasteiger partial charge in [-0.25, -0.2) is 4.79 Å². The molecular weight excluding hydrogens is 318 g/mol. The predicted octanol–water partition coefficient (Wildman–Crippen LogP) is 1.85. The van der Waals surface area contributed by atoms with Crippen molar-refractivity contribution in [3.8, 4) is 6.07 Å². The molecule has 2 heterocycles. The predicted molar refractivity (Wildman–Crippen MR) is 82.8 cm³/mol. The van der Waals surface area contributed by atoms with Crippen LogP contribution in [0.3, 0.4) is 0 Å². The quantitative estimate of drug-likeness (QED) is 0.766. The van der Waals surface area contributed by atoms with Crippen LogP contribution in [0, 0.1) is 11.3 Å². The molecule has 2 aliphatic rings. The monoisotopic (exact) mass is 333 g/mol. The van der Waals surface area contributed by atoms with E-state index < -0.39 is 16.0 Å². The summed E-state index contributed by atoms with van der Waals surface area (Å²) in [7, 11) is -3.83. The zero-order chi connectivity index (χ0) is 16.4. The highest BCUT2D eigenvalue weighted by Crippen LogP contribution is 2.35. The Kier molecular flexibility index (Phi) is 4.05. The average molecular weight is 333 g/mol. The second-order valence-corrected chi connectivity index (χ2v) is 6.93. The fraction of sp³-hybridized carbons (Fsp3) is 0.400. The van der Waals surface area contributed by atoms with E-state index in [0.717, 1.165) is 19.3 Å². The SMILES string of the molecule is N#CCOC(=O)c1ccc2c(c1)S(=O)(=O)N=C1CCCCCN12. The zero-order valence-corrected chi connectivity index (χ0v) is 13.2. The van der Waals surface area contributed by atoms with Crippen molar-refractivity contribution in [2.75, 3.05) is 18.1 Å². The van der Waals surface area contributed by atoms with Crippen molar-refractivity contribution in [3.05, 3.63) is 23.8 Å². The van der Waals surface area contributed by atoms with Gasteiger partial charge < -0.3 is 9.64 Å². The zero-order valence-electron chi connectivity index (χ0n) is 12.4. The first kappa shape index (κ1) is 15.5. The summed E-state index contributed by atoms with van der Waals surface area (Å²) >= 11 is 0. The topological polar surface area (TPSA) is 99.8 Å². The highest BCUT2D eigenvalue weighted by atomic mass is 32.2. The van der Waals surface area contributed by atoms with Crippen LogP contribution in [0.5, 0.6) is 0 Å². The number of fused-ring (bicyclic) bond motifs is 3. The lowest BCUT2D eigenvalue weighted by atomic mass is 10.2. The number of amidine groups is 1. The maximum absolute atomic E-state index is 12.4. The van der Waals surface area contributed by atoms with E-state index in [9.17, 15) is 13.2 Å². The molecule has 3 rings (SSSR count). The van der Waals surface area contributed by atoms with Gasteiger partial charge in [-0.2, -0.15) is 13.7 Å². The van der Waals surface area contributed by atoms with Gasteiger partial charge in [0.05, 0.1) is 11.3 Å². The van der Waals surface area contributed by atoms with Crippen LogP contribution in [0.15, 0.2) is 27.5 Å². The Balaban J connectivity index is 2.04. The molecule has 1 aromatic rings. The molecule has 0 aliphatic carbocycles. The third-order valence-electron chi connectivity index (χ3n) is 3.85. The van der Waals surface area contributed by atoms with Gasteiger partial charge in [-0.3, -0.25) is 0 Å². The first-order valence-electron chi connectivity index (χ1n) is 7.32. The molecule has 0 aromatic heterocycles. The molecule has 23 heavy (non-hydrogen) atoms. The number of carbonyl (C=O) groups excluding carboxylic acids is 1. The molecule has 0 radical (unpaired) electrons. The van der Waals surface area contributed by atoms with Gasteiger partial charge in [-0.1, -0.05) is 6.42 Å². The van der Waals surface area contributed by atoms with Gasteiger partial charge in [-0.15, -0.1) is 4.40 Å². The number of sulfonamides is 1. The minimum atomic E-state index is -3.83. The summed E-state index contributed by atoms with van der Waals surface area (Å²) in [6, 6.07) is 6.10. The van der Waals surface area contributed by atoms with Crippen molar-refractivity contribution in [1.29, 1.82) is 5.26 Å². The van der Waals surface area contributed by atoms with Crippen molar-refractivity contribution >= 4 is 27.5 Å². The standard InChI is InChI=1S/C15H15N3O4S/c16-7-9-22-15(19)11-5-6-12-13(10-11)23(20,21)17-14-4-2-1-3-8-18(12)14/h5-6,10H,1-4,8-9H2. The summed E-state index contributed by atoms with van der Waals surface area (Å²) < 4.78 is 33.4. The van der Waals surface area contributed by atoms with Gasteiger partial charge in [0.25, 0.3) is 10.0 Å². The third-order valence-corrected chi connectivity index (χ3v) is 5.19. The maximum atomic E-state index is 12.4. The maximum Gasteiger partial charge on any atom is 0.339 e. The summed E-state index contributed by atoms with van der Waals surface area (Å²) in [6.45, 7) is 0.330. The molecule has 0 N–H and O–H groups in total. The Hall–Kier alpha value is -2.40. The lowest BCUT2D eigenvalue weighted by molar-refractivity contribution is 0.0554. The van der Waals surface area contributed by atoms with Crippen molar-refractivity contribution in [2.45, 2.75) is 30.6 Å². The highest BCUT2D eigenvalue weighted by Gasteiger charge is 2.32. The second kappa shape index (κ2) is 6.01. The minimum absolute atomic E-state index is 0.00885. The highest BCUT2D eigenvalue weighted by molar-refractivity contribution is 7.90. The van der Waals surface area contributed by atoms with E-state index in [-0.39, 0.29) is 17.1 Å². The van der Waals surface area contributed by atoms with Crippen LogP contribution >= 0.6 is 0 Å². The van der Waals surface area contributed by atoms with Crippen LogP contribution in [0.4, 0.5) is 5.69 Å². The molecule has 0 spiro atoms. The van der Waals surface area contributed by atoms with Crippen molar-refractivity contribution in [1.82, 2.24) is 0 Å². The summed E-state index contributed by atoms with van der Waals surface area (Å²) in [5.41, 5.74) is 0.643. The van der Waals surface area contributed by atoms with Crippen molar-refractivity contribution in [2.24, 2.45) is 4.40 Å². The van der Waals surface area contributed by atoms with Crippen molar-refractivity contribution in [3.63, 3.8) is 0 Å². The Labute approximate surface area is 134 Å². The smallest absolute Gasteiger partial charge is 0.339 e. The molecule has 0 saturated carbocycles. The number of ether oxygens (including phenoxy) is 1. The molecule has 0 bridgehead atoms. The molecule has 1 fully saturated rings. The Morgan fingerprint density at radius 3 is 2.96 bits per heavy atom. The Morgan fingerprint density at radius 2 is 2.17 bits per heavy atom. The van der Waals surface area contributed by atoms with Gasteiger partial charge in [0, 0.05) is 13.0 Å². The van der Waals surface area contributed by atoms with Crippen molar-refractivity contribution < 1.29 is 17.9 Å². The Morgan fingerprint density at radius 1 is 1.35 bits per heavy atom. The van der Waals surface area contributed by atoms with Crippen LogP contribution in [0.1, 0.15) is 36.0 Å². The largest absolute Gasteiger partial charge is 0.447 e. The molecule has 0 amide bonds.